The van der Waals surface area contributed by atoms with Gasteiger partial charge in [0.1, 0.15) is 0 Å². The van der Waals surface area contributed by atoms with Gasteiger partial charge in [0.25, 0.3) is 5.91 Å². The molecule has 1 unspecified atom stereocenters. The number of aromatic nitrogens is 2. The molecule has 1 saturated heterocycles. The Morgan fingerprint density at radius 1 is 1.03 bits per heavy atom. The van der Waals surface area contributed by atoms with Crippen LogP contribution in [0.15, 0.2) is 0 Å². The Kier molecular flexibility index (Phi) is 8.09. The number of amides is 1. The lowest BCUT2D eigenvalue weighted by molar-refractivity contribution is -0.142. The third kappa shape index (κ3) is 5.61. The maximum atomic E-state index is 14.0. The zero-order chi connectivity index (χ0) is 26.1. The molecule has 3 heterocycles. The van der Waals surface area contributed by atoms with Crippen molar-refractivity contribution in [2.24, 2.45) is 17.3 Å². The first-order valence-electron chi connectivity index (χ1n) is 13.3. The van der Waals surface area contributed by atoms with E-state index < -0.39 is 27.8 Å². The number of piperidine rings is 1. The maximum Gasteiger partial charge on any atom is 0.435 e. The second-order valence-electron chi connectivity index (χ2n) is 11.1. The van der Waals surface area contributed by atoms with Crippen LogP contribution in [-0.4, -0.2) is 54.8 Å². The third-order valence-corrected chi connectivity index (χ3v) is 10.1. The number of nitrogens with zero attached hydrogens (tertiary/aromatic N) is 3. The van der Waals surface area contributed by atoms with Crippen LogP contribution in [0.5, 0.6) is 0 Å². The fraction of sp³-hybridized carbons (Fsp3) is 0.840. The molecule has 1 aromatic heterocycles. The Labute approximate surface area is 212 Å². The van der Waals surface area contributed by atoms with Gasteiger partial charge in [-0.15, -0.1) is 0 Å². The van der Waals surface area contributed by atoms with Gasteiger partial charge >= 0.3 is 6.18 Å². The van der Waals surface area contributed by atoms with E-state index in [-0.39, 0.29) is 22.8 Å². The lowest BCUT2D eigenvalue weighted by atomic mass is 9.59. The van der Waals surface area contributed by atoms with E-state index in [0.717, 1.165) is 38.5 Å². The van der Waals surface area contributed by atoms with E-state index in [1.807, 2.05) is 0 Å². The zero-order valence-electron chi connectivity index (χ0n) is 21.4. The summed E-state index contributed by atoms with van der Waals surface area (Å²) in [5.74, 6) is -0.468. The molecule has 1 aromatic rings. The zero-order valence-corrected chi connectivity index (χ0v) is 22.2. The molecule has 11 heteroatoms. The van der Waals surface area contributed by atoms with Gasteiger partial charge in [0, 0.05) is 26.7 Å². The summed E-state index contributed by atoms with van der Waals surface area (Å²) in [5.41, 5.74) is -1.27. The van der Waals surface area contributed by atoms with Gasteiger partial charge in [-0.25, -0.2) is 12.7 Å². The lowest BCUT2D eigenvalue weighted by Gasteiger charge is -2.50. The van der Waals surface area contributed by atoms with Gasteiger partial charge in [-0.05, 0) is 49.4 Å². The summed E-state index contributed by atoms with van der Waals surface area (Å²) in [6.45, 7) is 1.26. The molecule has 7 nitrogen and oxygen atoms in total. The molecular formula is C25H39F3N4O3S. The second-order valence-corrected chi connectivity index (χ2v) is 13.0. The highest BCUT2D eigenvalue weighted by molar-refractivity contribution is 7.88. The van der Waals surface area contributed by atoms with Crippen molar-refractivity contribution in [3.05, 3.63) is 17.0 Å². The fourth-order valence-corrected chi connectivity index (χ4v) is 7.88. The van der Waals surface area contributed by atoms with Gasteiger partial charge in [-0.1, -0.05) is 44.9 Å². The molecule has 36 heavy (non-hydrogen) atoms. The molecule has 0 radical (unpaired) electrons. The largest absolute Gasteiger partial charge is 0.435 e. The van der Waals surface area contributed by atoms with Crippen molar-refractivity contribution >= 4 is 15.9 Å². The first-order chi connectivity index (χ1) is 17.0. The van der Waals surface area contributed by atoms with E-state index in [4.69, 9.17) is 0 Å². The number of nitrogens with one attached hydrogen (secondary N) is 1. The van der Waals surface area contributed by atoms with E-state index in [0.29, 0.717) is 44.6 Å². The van der Waals surface area contributed by atoms with Crippen LogP contribution in [0.25, 0.3) is 0 Å². The SMILES string of the molecule is CNC(=O)c1c(C(F)(F)F)nn2c1CC(C1CCN(S(C)(=O)=O)CC1)C1(CCCCCCCCC1)C2. The van der Waals surface area contributed by atoms with Gasteiger partial charge in [0.2, 0.25) is 10.0 Å². The van der Waals surface area contributed by atoms with Gasteiger partial charge in [-0.2, -0.15) is 18.3 Å². The summed E-state index contributed by atoms with van der Waals surface area (Å²) in [7, 11) is -1.93. The molecule has 204 valence electrons. The summed E-state index contributed by atoms with van der Waals surface area (Å²) in [6.07, 6.45) is 8.00. The number of alkyl halides is 3. The van der Waals surface area contributed by atoms with Gasteiger partial charge in [0.05, 0.1) is 17.5 Å². The Morgan fingerprint density at radius 2 is 1.58 bits per heavy atom. The quantitative estimate of drug-likeness (QED) is 0.616. The highest BCUT2D eigenvalue weighted by Gasteiger charge is 2.50. The summed E-state index contributed by atoms with van der Waals surface area (Å²) >= 11 is 0. The van der Waals surface area contributed by atoms with Crippen LogP contribution in [0.4, 0.5) is 13.2 Å². The number of sulfonamides is 1. The van der Waals surface area contributed by atoms with E-state index in [2.05, 4.69) is 10.4 Å². The Hall–Kier alpha value is -1.62. The van der Waals surface area contributed by atoms with Crippen molar-refractivity contribution in [2.45, 2.75) is 89.8 Å². The van der Waals surface area contributed by atoms with Crippen LogP contribution < -0.4 is 5.32 Å². The van der Waals surface area contributed by atoms with E-state index >= 15 is 0 Å². The van der Waals surface area contributed by atoms with Crippen LogP contribution in [0, 0.1) is 17.3 Å². The van der Waals surface area contributed by atoms with Crippen molar-refractivity contribution < 1.29 is 26.4 Å². The summed E-state index contributed by atoms with van der Waals surface area (Å²) in [5, 5.41) is 6.39. The molecule has 1 amide bonds. The summed E-state index contributed by atoms with van der Waals surface area (Å²) < 4.78 is 69.1. The molecule has 1 spiro atoms. The standard InChI is InChI=1S/C25H39F3N4O3S/c1-29-23(33)21-20-16-19(18-10-14-31(15-11-18)36(2,34)35)24(12-8-6-4-3-5-7-9-13-24)17-32(20)30-22(21)25(26,27)28/h18-19H,3-17H2,1-2H3,(H,29,33). The van der Waals surface area contributed by atoms with Crippen molar-refractivity contribution in [1.29, 1.82) is 0 Å². The van der Waals surface area contributed by atoms with Gasteiger partial charge in [0.15, 0.2) is 5.69 Å². The minimum absolute atomic E-state index is 0.0901. The minimum atomic E-state index is -4.72. The molecule has 1 saturated carbocycles. The van der Waals surface area contributed by atoms with Crippen LogP contribution in [0.2, 0.25) is 0 Å². The van der Waals surface area contributed by atoms with Crippen molar-refractivity contribution in [3.8, 4) is 0 Å². The van der Waals surface area contributed by atoms with Gasteiger partial charge < -0.3 is 5.32 Å². The van der Waals surface area contributed by atoms with E-state index in [1.165, 1.54) is 41.6 Å². The van der Waals surface area contributed by atoms with Crippen LogP contribution in [0.3, 0.4) is 0 Å². The predicted molar refractivity (Wildman–Crippen MR) is 131 cm³/mol. The molecule has 0 aromatic carbocycles. The molecule has 3 aliphatic rings. The highest BCUT2D eigenvalue weighted by Crippen LogP contribution is 2.52. The molecule has 0 bridgehead atoms. The normalized spacial score (nSPS) is 24.9. The highest BCUT2D eigenvalue weighted by atomic mass is 32.2. The molecule has 4 rings (SSSR count). The average Bonchev–Trinajstić information content (AvgIpc) is 3.20. The first kappa shape index (κ1) is 27.4. The smallest absolute Gasteiger partial charge is 0.355 e. The number of fused-ring (bicyclic) bond motifs is 1. The van der Waals surface area contributed by atoms with E-state index in [9.17, 15) is 26.4 Å². The third-order valence-electron chi connectivity index (χ3n) is 8.83. The van der Waals surface area contributed by atoms with Gasteiger partial charge in [-0.3, -0.25) is 9.48 Å². The van der Waals surface area contributed by atoms with Crippen LogP contribution in [-0.2, 0) is 29.2 Å². The lowest BCUT2D eigenvalue weighted by Crippen LogP contribution is -2.48. The Bertz CT molecular complexity index is 1040. The molecule has 1 atom stereocenters. The number of hydrogen-bond acceptors (Lipinski definition) is 4. The van der Waals surface area contributed by atoms with Crippen molar-refractivity contribution in [1.82, 2.24) is 19.4 Å². The Balaban J connectivity index is 1.75. The molecule has 2 aliphatic heterocycles. The van der Waals surface area contributed by atoms with Crippen molar-refractivity contribution in [2.75, 3.05) is 26.4 Å². The monoisotopic (exact) mass is 532 g/mol. The van der Waals surface area contributed by atoms with E-state index in [1.54, 1.807) is 0 Å². The number of carbonyl (C=O) groups is 1. The minimum Gasteiger partial charge on any atom is -0.355 e. The number of rotatable bonds is 3. The first-order valence-corrected chi connectivity index (χ1v) is 15.2. The van der Waals surface area contributed by atoms with Crippen molar-refractivity contribution in [3.63, 3.8) is 0 Å². The van der Waals surface area contributed by atoms with Crippen LogP contribution in [0.1, 0.15) is 92.4 Å². The van der Waals surface area contributed by atoms with Crippen LogP contribution >= 0.6 is 0 Å². The number of halogens is 3. The molecular weight excluding hydrogens is 493 g/mol. The predicted octanol–water partition coefficient (Wildman–Crippen LogP) is 4.62. The maximum absolute atomic E-state index is 14.0. The number of carbonyl (C=O) groups excluding carboxylic acids is 1. The fourth-order valence-electron chi connectivity index (χ4n) is 7.01. The molecule has 1 N–H and O–H groups in total. The summed E-state index contributed by atoms with van der Waals surface area (Å²) in [6, 6.07) is 0. The topological polar surface area (TPSA) is 84.3 Å². The molecule has 2 fully saturated rings. The Morgan fingerprint density at radius 3 is 2.08 bits per heavy atom. The second kappa shape index (κ2) is 10.6. The summed E-state index contributed by atoms with van der Waals surface area (Å²) in [4.78, 5) is 12.7. The molecule has 1 aliphatic carbocycles. The number of hydrogen-bond donors (Lipinski definition) is 1. The average molecular weight is 533 g/mol.